The number of ether oxygens (including phenoxy) is 1. The Bertz CT molecular complexity index is 747. The predicted molar refractivity (Wildman–Crippen MR) is 74.6 cm³/mol. The summed E-state index contributed by atoms with van der Waals surface area (Å²) in [7, 11) is 1.35. The standard InChI is InChI=1S/C16H13NO3/c1-19-16(18)12-7-8-13-14(10-12)20-15(17-13)9-11-5-3-2-4-6-11/h2-8,10H,9H2,1H3. The van der Waals surface area contributed by atoms with Gasteiger partial charge in [0.25, 0.3) is 0 Å². The molecule has 0 aliphatic rings. The third-order valence-electron chi connectivity index (χ3n) is 3.05. The number of rotatable bonds is 3. The van der Waals surface area contributed by atoms with Gasteiger partial charge in [-0.25, -0.2) is 9.78 Å². The van der Waals surface area contributed by atoms with Crippen LogP contribution in [0.4, 0.5) is 0 Å². The Labute approximate surface area is 116 Å². The maximum Gasteiger partial charge on any atom is 0.337 e. The second kappa shape index (κ2) is 5.17. The molecule has 0 saturated heterocycles. The lowest BCUT2D eigenvalue weighted by Crippen LogP contribution is -2.00. The minimum atomic E-state index is -0.382. The quantitative estimate of drug-likeness (QED) is 0.684. The van der Waals surface area contributed by atoms with Crippen LogP contribution in [0.3, 0.4) is 0 Å². The van der Waals surface area contributed by atoms with E-state index < -0.39 is 0 Å². The molecule has 0 amide bonds. The average molecular weight is 267 g/mol. The first kappa shape index (κ1) is 12.4. The molecular formula is C16H13NO3. The number of nitrogens with zero attached hydrogens (tertiary/aromatic N) is 1. The van der Waals surface area contributed by atoms with Gasteiger partial charge < -0.3 is 9.15 Å². The van der Waals surface area contributed by atoms with Gasteiger partial charge in [0.1, 0.15) is 5.52 Å². The molecule has 20 heavy (non-hydrogen) atoms. The lowest BCUT2D eigenvalue weighted by molar-refractivity contribution is 0.0601. The Kier molecular flexibility index (Phi) is 3.21. The van der Waals surface area contributed by atoms with E-state index in [4.69, 9.17) is 4.42 Å². The second-order valence-electron chi connectivity index (χ2n) is 4.44. The molecule has 1 heterocycles. The molecule has 0 spiro atoms. The fraction of sp³-hybridized carbons (Fsp3) is 0.125. The Morgan fingerprint density at radius 3 is 2.75 bits per heavy atom. The van der Waals surface area contributed by atoms with Crippen molar-refractivity contribution in [2.24, 2.45) is 0 Å². The number of hydrogen-bond acceptors (Lipinski definition) is 4. The first-order chi connectivity index (χ1) is 9.76. The Balaban J connectivity index is 1.92. The first-order valence-corrected chi connectivity index (χ1v) is 6.28. The largest absolute Gasteiger partial charge is 0.465 e. The van der Waals surface area contributed by atoms with Crippen LogP contribution in [0.1, 0.15) is 21.8 Å². The predicted octanol–water partition coefficient (Wildman–Crippen LogP) is 3.21. The Hall–Kier alpha value is -2.62. The summed E-state index contributed by atoms with van der Waals surface area (Å²) in [6.45, 7) is 0. The summed E-state index contributed by atoms with van der Waals surface area (Å²) < 4.78 is 10.4. The molecule has 0 radical (unpaired) electrons. The molecule has 1 aromatic heterocycles. The smallest absolute Gasteiger partial charge is 0.337 e. The number of aromatic nitrogens is 1. The zero-order valence-electron chi connectivity index (χ0n) is 11.0. The zero-order valence-corrected chi connectivity index (χ0v) is 11.0. The van der Waals surface area contributed by atoms with Gasteiger partial charge in [-0.2, -0.15) is 0 Å². The molecule has 0 atom stereocenters. The van der Waals surface area contributed by atoms with Crippen molar-refractivity contribution < 1.29 is 13.9 Å². The number of oxazole rings is 1. The van der Waals surface area contributed by atoms with E-state index in [-0.39, 0.29) is 5.97 Å². The molecule has 0 fully saturated rings. The van der Waals surface area contributed by atoms with Crippen molar-refractivity contribution >= 4 is 17.1 Å². The van der Waals surface area contributed by atoms with Gasteiger partial charge in [0.05, 0.1) is 12.7 Å². The summed E-state index contributed by atoms with van der Waals surface area (Å²) in [5, 5.41) is 0. The van der Waals surface area contributed by atoms with Crippen LogP contribution in [-0.2, 0) is 11.2 Å². The van der Waals surface area contributed by atoms with E-state index >= 15 is 0 Å². The normalized spacial score (nSPS) is 10.7. The van der Waals surface area contributed by atoms with Gasteiger partial charge in [-0.3, -0.25) is 0 Å². The highest BCUT2D eigenvalue weighted by molar-refractivity contribution is 5.93. The summed E-state index contributed by atoms with van der Waals surface area (Å²) >= 11 is 0. The number of carbonyl (C=O) groups is 1. The van der Waals surface area contributed by atoms with Crippen LogP contribution in [0.25, 0.3) is 11.1 Å². The fourth-order valence-electron chi connectivity index (χ4n) is 2.06. The summed E-state index contributed by atoms with van der Waals surface area (Å²) in [5.74, 6) is 0.251. The van der Waals surface area contributed by atoms with E-state index in [0.717, 1.165) is 11.1 Å². The van der Waals surface area contributed by atoms with Gasteiger partial charge >= 0.3 is 5.97 Å². The number of carbonyl (C=O) groups excluding carboxylic acids is 1. The van der Waals surface area contributed by atoms with Crippen LogP contribution in [0, 0.1) is 0 Å². The van der Waals surface area contributed by atoms with Gasteiger partial charge in [-0.15, -0.1) is 0 Å². The second-order valence-corrected chi connectivity index (χ2v) is 4.44. The van der Waals surface area contributed by atoms with Crippen molar-refractivity contribution in [1.82, 2.24) is 4.98 Å². The minimum Gasteiger partial charge on any atom is -0.465 e. The fourth-order valence-corrected chi connectivity index (χ4v) is 2.06. The number of esters is 1. The lowest BCUT2D eigenvalue weighted by atomic mass is 10.1. The van der Waals surface area contributed by atoms with E-state index in [1.807, 2.05) is 30.3 Å². The molecule has 0 aliphatic carbocycles. The Morgan fingerprint density at radius 2 is 2.00 bits per heavy atom. The van der Waals surface area contributed by atoms with Gasteiger partial charge in [0.15, 0.2) is 11.5 Å². The van der Waals surface area contributed by atoms with Crippen molar-refractivity contribution in [3.63, 3.8) is 0 Å². The first-order valence-electron chi connectivity index (χ1n) is 6.28. The van der Waals surface area contributed by atoms with Crippen LogP contribution in [0.15, 0.2) is 52.9 Å². The third-order valence-corrected chi connectivity index (χ3v) is 3.05. The van der Waals surface area contributed by atoms with Crippen LogP contribution in [0.5, 0.6) is 0 Å². The molecular weight excluding hydrogens is 254 g/mol. The number of fused-ring (bicyclic) bond motifs is 1. The monoisotopic (exact) mass is 267 g/mol. The van der Waals surface area contributed by atoms with Crippen LogP contribution >= 0.6 is 0 Å². The lowest BCUT2D eigenvalue weighted by Gasteiger charge is -1.97. The molecule has 3 aromatic rings. The van der Waals surface area contributed by atoms with Crippen molar-refractivity contribution in [3.05, 3.63) is 65.5 Å². The highest BCUT2D eigenvalue weighted by Crippen LogP contribution is 2.19. The van der Waals surface area contributed by atoms with Crippen LogP contribution in [-0.4, -0.2) is 18.1 Å². The molecule has 0 unspecified atom stereocenters. The molecule has 0 saturated carbocycles. The summed E-state index contributed by atoms with van der Waals surface area (Å²) in [6, 6.07) is 15.1. The Morgan fingerprint density at radius 1 is 1.20 bits per heavy atom. The van der Waals surface area contributed by atoms with Gasteiger partial charge in [-0.05, 0) is 23.8 Å². The maximum atomic E-state index is 11.5. The molecule has 0 aliphatic heterocycles. The SMILES string of the molecule is COC(=O)c1ccc2nc(Cc3ccccc3)oc2c1. The van der Waals surface area contributed by atoms with Crippen molar-refractivity contribution in [2.75, 3.05) is 7.11 Å². The van der Waals surface area contributed by atoms with E-state index in [1.165, 1.54) is 7.11 Å². The summed E-state index contributed by atoms with van der Waals surface area (Å²) in [5.41, 5.74) is 2.93. The van der Waals surface area contributed by atoms with Gasteiger partial charge in [0, 0.05) is 6.42 Å². The summed E-state index contributed by atoms with van der Waals surface area (Å²) in [4.78, 5) is 15.9. The maximum absolute atomic E-state index is 11.5. The topological polar surface area (TPSA) is 52.3 Å². The molecule has 100 valence electrons. The van der Waals surface area contributed by atoms with Gasteiger partial charge in [-0.1, -0.05) is 30.3 Å². The van der Waals surface area contributed by atoms with Crippen molar-refractivity contribution in [3.8, 4) is 0 Å². The number of hydrogen-bond donors (Lipinski definition) is 0. The average Bonchev–Trinajstić information content (AvgIpc) is 2.88. The van der Waals surface area contributed by atoms with Crippen molar-refractivity contribution in [2.45, 2.75) is 6.42 Å². The van der Waals surface area contributed by atoms with Crippen molar-refractivity contribution in [1.29, 1.82) is 0 Å². The van der Waals surface area contributed by atoms with E-state index in [2.05, 4.69) is 9.72 Å². The highest BCUT2D eigenvalue weighted by Gasteiger charge is 2.11. The van der Waals surface area contributed by atoms with Crippen LogP contribution in [0.2, 0.25) is 0 Å². The van der Waals surface area contributed by atoms with Gasteiger partial charge in [0.2, 0.25) is 0 Å². The molecule has 4 heteroatoms. The van der Waals surface area contributed by atoms with E-state index in [9.17, 15) is 4.79 Å². The third kappa shape index (κ3) is 2.40. The minimum absolute atomic E-state index is 0.382. The van der Waals surface area contributed by atoms with E-state index in [0.29, 0.717) is 23.5 Å². The highest BCUT2D eigenvalue weighted by atomic mass is 16.5. The molecule has 3 rings (SSSR count). The summed E-state index contributed by atoms with van der Waals surface area (Å²) in [6.07, 6.45) is 0.628. The molecule has 0 bridgehead atoms. The number of methoxy groups -OCH3 is 1. The molecule has 0 N–H and O–H groups in total. The van der Waals surface area contributed by atoms with Crippen LogP contribution < -0.4 is 0 Å². The molecule has 4 nitrogen and oxygen atoms in total. The zero-order chi connectivity index (χ0) is 13.9. The molecule has 2 aromatic carbocycles. The van der Waals surface area contributed by atoms with E-state index in [1.54, 1.807) is 18.2 Å². The number of benzene rings is 2.